The molecule has 1 aliphatic heterocycles. The lowest BCUT2D eigenvalue weighted by Crippen LogP contribution is -2.46. The summed E-state index contributed by atoms with van der Waals surface area (Å²) in [5.74, 6) is 1.22. The van der Waals surface area contributed by atoms with Gasteiger partial charge in [0.05, 0.1) is 18.4 Å². The van der Waals surface area contributed by atoms with Gasteiger partial charge >= 0.3 is 12.4 Å². The standard InChI is InChI=1S/C30H30F3N7O2/c1-18-12-13-19(26-34-16-23(37-26)22-10-6-7-11-25(22)42-30(31,32)33)14-24(18)40-17-20-15-35-28(36-21-8-4-3-5-9-21)38-27(20)39(2)29(40)41/h6-7,10-16,21H,3-5,8-9,17H2,1-2H3,(H,34,37)(H,35,36,38). The number of alkyl halides is 3. The Labute approximate surface area is 240 Å². The third kappa shape index (κ3) is 5.61. The van der Waals surface area contributed by atoms with Gasteiger partial charge in [0.25, 0.3) is 0 Å². The second-order valence-electron chi connectivity index (χ2n) is 10.6. The molecule has 1 aliphatic carbocycles. The Bertz CT molecular complexity index is 1610. The van der Waals surface area contributed by atoms with Crippen molar-refractivity contribution in [1.82, 2.24) is 19.9 Å². The number of hydrogen-bond donors (Lipinski definition) is 2. The third-order valence-corrected chi connectivity index (χ3v) is 7.70. The maximum atomic E-state index is 13.6. The number of urea groups is 1. The fourth-order valence-electron chi connectivity index (χ4n) is 5.55. The predicted octanol–water partition coefficient (Wildman–Crippen LogP) is 7.06. The number of hydrogen-bond acceptors (Lipinski definition) is 6. The van der Waals surface area contributed by atoms with Crippen LogP contribution in [0.2, 0.25) is 0 Å². The van der Waals surface area contributed by atoms with Gasteiger partial charge in [-0.2, -0.15) is 4.98 Å². The third-order valence-electron chi connectivity index (χ3n) is 7.70. The van der Waals surface area contributed by atoms with Crippen LogP contribution in [-0.4, -0.2) is 45.4 Å². The van der Waals surface area contributed by atoms with Crippen molar-refractivity contribution in [2.45, 2.75) is 58.0 Å². The summed E-state index contributed by atoms with van der Waals surface area (Å²) in [6, 6.07) is 11.5. The number of fused-ring (bicyclic) bond motifs is 1. The van der Waals surface area contributed by atoms with E-state index in [9.17, 15) is 18.0 Å². The van der Waals surface area contributed by atoms with E-state index >= 15 is 0 Å². The van der Waals surface area contributed by atoms with E-state index in [4.69, 9.17) is 0 Å². The van der Waals surface area contributed by atoms with Crippen molar-refractivity contribution in [3.8, 4) is 28.4 Å². The SMILES string of the molecule is Cc1ccc(-c2ncc(-c3ccccc3OC(F)(F)F)[nH]2)cc1N1Cc2cnc(NC3CCCCC3)nc2N(C)C1=O. The van der Waals surface area contributed by atoms with E-state index in [0.717, 1.165) is 24.0 Å². The van der Waals surface area contributed by atoms with Crippen LogP contribution in [0.3, 0.4) is 0 Å². The highest BCUT2D eigenvalue weighted by molar-refractivity contribution is 6.05. The average Bonchev–Trinajstić information content (AvgIpc) is 3.46. The van der Waals surface area contributed by atoms with Gasteiger partial charge in [-0.1, -0.05) is 43.5 Å². The van der Waals surface area contributed by atoms with Gasteiger partial charge in [0.2, 0.25) is 5.95 Å². The number of para-hydroxylation sites is 1. The van der Waals surface area contributed by atoms with Crippen LogP contribution in [0.15, 0.2) is 54.9 Å². The highest BCUT2D eigenvalue weighted by atomic mass is 19.4. The van der Waals surface area contributed by atoms with Crippen LogP contribution in [0.1, 0.15) is 43.2 Å². The molecule has 2 aliphatic rings. The number of carbonyl (C=O) groups is 1. The zero-order valence-electron chi connectivity index (χ0n) is 23.2. The smallest absolute Gasteiger partial charge is 0.405 e. The van der Waals surface area contributed by atoms with Gasteiger partial charge in [0.15, 0.2) is 0 Å². The number of imidazole rings is 1. The fourth-order valence-corrected chi connectivity index (χ4v) is 5.55. The molecule has 9 nitrogen and oxygen atoms in total. The number of nitrogens with one attached hydrogen (secondary N) is 2. The summed E-state index contributed by atoms with van der Waals surface area (Å²) in [5.41, 5.74) is 3.62. The van der Waals surface area contributed by atoms with Crippen molar-refractivity contribution in [3.63, 3.8) is 0 Å². The minimum absolute atomic E-state index is 0.225. The Balaban J connectivity index is 1.26. The Kier molecular flexibility index (Phi) is 7.21. The molecule has 3 heterocycles. The van der Waals surface area contributed by atoms with E-state index in [1.54, 1.807) is 24.2 Å². The van der Waals surface area contributed by atoms with Crippen LogP contribution in [-0.2, 0) is 6.54 Å². The maximum Gasteiger partial charge on any atom is 0.573 e. The van der Waals surface area contributed by atoms with Crippen molar-refractivity contribution in [2.75, 3.05) is 22.2 Å². The number of anilines is 3. The van der Waals surface area contributed by atoms with E-state index in [2.05, 4.69) is 30.0 Å². The number of aryl methyl sites for hydroxylation is 1. The lowest BCUT2D eigenvalue weighted by Gasteiger charge is -2.35. The molecule has 2 amide bonds. The number of benzene rings is 2. The Morgan fingerprint density at radius 1 is 1.05 bits per heavy atom. The van der Waals surface area contributed by atoms with Crippen molar-refractivity contribution in [1.29, 1.82) is 0 Å². The molecule has 1 fully saturated rings. The molecule has 2 aromatic carbocycles. The highest BCUT2D eigenvalue weighted by Crippen LogP contribution is 2.36. The molecule has 218 valence electrons. The van der Waals surface area contributed by atoms with Gasteiger partial charge in [-0.3, -0.25) is 9.80 Å². The molecule has 0 radical (unpaired) electrons. The molecule has 42 heavy (non-hydrogen) atoms. The molecule has 6 rings (SSSR count). The van der Waals surface area contributed by atoms with Crippen LogP contribution < -0.4 is 19.9 Å². The van der Waals surface area contributed by atoms with E-state index in [-0.39, 0.29) is 23.9 Å². The molecule has 0 unspecified atom stereocenters. The molecule has 4 aromatic rings. The Hall–Kier alpha value is -4.61. The molecule has 0 atom stereocenters. The first-order valence-electron chi connectivity index (χ1n) is 13.8. The van der Waals surface area contributed by atoms with Gasteiger partial charge in [0.1, 0.15) is 17.4 Å². The van der Waals surface area contributed by atoms with Crippen LogP contribution in [0.4, 0.5) is 35.4 Å². The second-order valence-corrected chi connectivity index (χ2v) is 10.6. The lowest BCUT2D eigenvalue weighted by molar-refractivity contribution is -0.274. The van der Waals surface area contributed by atoms with Gasteiger partial charge in [-0.25, -0.2) is 14.8 Å². The first kappa shape index (κ1) is 27.6. The molecule has 0 spiro atoms. The van der Waals surface area contributed by atoms with Gasteiger partial charge < -0.3 is 15.0 Å². The number of halogens is 3. The number of aromatic amines is 1. The first-order valence-corrected chi connectivity index (χ1v) is 13.8. The van der Waals surface area contributed by atoms with Crippen LogP contribution in [0.25, 0.3) is 22.6 Å². The quantitative estimate of drug-likeness (QED) is 0.255. The minimum Gasteiger partial charge on any atom is -0.405 e. The normalized spacial score (nSPS) is 16.0. The van der Waals surface area contributed by atoms with Crippen molar-refractivity contribution >= 4 is 23.5 Å². The van der Waals surface area contributed by atoms with Gasteiger partial charge in [-0.05, 0) is 43.5 Å². The summed E-state index contributed by atoms with van der Waals surface area (Å²) in [7, 11) is 1.70. The molecule has 1 saturated carbocycles. The molecule has 0 saturated heterocycles. The summed E-state index contributed by atoms with van der Waals surface area (Å²) < 4.78 is 43.0. The lowest BCUT2D eigenvalue weighted by atomic mass is 9.96. The van der Waals surface area contributed by atoms with Gasteiger partial charge in [0, 0.05) is 41.7 Å². The molecular weight excluding hydrogens is 547 g/mol. The van der Waals surface area contributed by atoms with Crippen LogP contribution in [0, 0.1) is 6.92 Å². The first-order chi connectivity index (χ1) is 20.2. The van der Waals surface area contributed by atoms with Crippen molar-refractivity contribution in [2.24, 2.45) is 0 Å². The molecule has 2 N–H and O–H groups in total. The number of carbonyl (C=O) groups excluding carboxylic acids is 1. The predicted molar refractivity (Wildman–Crippen MR) is 153 cm³/mol. The largest absolute Gasteiger partial charge is 0.573 e. The maximum absolute atomic E-state index is 13.6. The second kappa shape index (κ2) is 11.0. The van der Waals surface area contributed by atoms with Gasteiger partial charge in [-0.15, -0.1) is 13.2 Å². The monoisotopic (exact) mass is 577 g/mol. The number of rotatable bonds is 6. The highest BCUT2D eigenvalue weighted by Gasteiger charge is 2.33. The Morgan fingerprint density at radius 2 is 1.83 bits per heavy atom. The van der Waals surface area contributed by atoms with E-state index in [1.165, 1.54) is 48.6 Å². The molecule has 0 bridgehead atoms. The summed E-state index contributed by atoms with van der Waals surface area (Å²) in [6.07, 6.45) is 4.20. The molecule has 12 heteroatoms. The Morgan fingerprint density at radius 3 is 2.62 bits per heavy atom. The van der Waals surface area contributed by atoms with E-state index in [0.29, 0.717) is 40.6 Å². The summed E-state index contributed by atoms with van der Waals surface area (Å²) in [4.78, 5) is 33.5. The average molecular weight is 578 g/mol. The van der Waals surface area contributed by atoms with Crippen molar-refractivity contribution in [3.05, 3.63) is 66.0 Å². The zero-order valence-corrected chi connectivity index (χ0v) is 23.2. The minimum atomic E-state index is -4.82. The number of ether oxygens (including phenoxy) is 1. The summed E-state index contributed by atoms with van der Waals surface area (Å²) in [6.45, 7) is 2.20. The summed E-state index contributed by atoms with van der Waals surface area (Å²) >= 11 is 0. The molecule has 2 aromatic heterocycles. The van der Waals surface area contributed by atoms with Crippen LogP contribution >= 0.6 is 0 Å². The topological polar surface area (TPSA) is 99.3 Å². The van der Waals surface area contributed by atoms with Crippen LogP contribution in [0.5, 0.6) is 5.75 Å². The summed E-state index contributed by atoms with van der Waals surface area (Å²) in [5, 5.41) is 3.42. The van der Waals surface area contributed by atoms with E-state index in [1.807, 2.05) is 25.1 Å². The van der Waals surface area contributed by atoms with Crippen molar-refractivity contribution < 1.29 is 22.7 Å². The number of amides is 2. The number of aromatic nitrogens is 4. The zero-order chi connectivity index (χ0) is 29.4. The fraction of sp³-hybridized carbons (Fsp3) is 0.333. The number of H-pyrrole nitrogens is 1. The van der Waals surface area contributed by atoms with E-state index < -0.39 is 6.36 Å². The molecular formula is C30H30F3N7O2. The number of nitrogens with zero attached hydrogens (tertiary/aromatic N) is 5.